The van der Waals surface area contributed by atoms with Gasteiger partial charge in [-0.1, -0.05) is 17.7 Å². The number of methoxy groups -OCH3 is 1. The molecule has 0 saturated carbocycles. The monoisotopic (exact) mass is 333 g/mol. The Labute approximate surface area is 127 Å². The van der Waals surface area contributed by atoms with E-state index in [0.29, 0.717) is 6.07 Å². The zero-order chi connectivity index (χ0) is 16.5. The minimum Gasteiger partial charge on any atom is -0.464 e. The van der Waals surface area contributed by atoms with Crippen molar-refractivity contribution in [3.05, 3.63) is 52.4 Å². The number of carbonyl (C=O) groups is 1. The summed E-state index contributed by atoms with van der Waals surface area (Å²) in [6.45, 7) is 0. The minimum absolute atomic E-state index is 0.0528. The van der Waals surface area contributed by atoms with Crippen LogP contribution in [0.5, 0.6) is 0 Å². The van der Waals surface area contributed by atoms with Crippen LogP contribution in [0.25, 0.3) is 11.3 Å². The van der Waals surface area contributed by atoms with E-state index in [-0.39, 0.29) is 16.4 Å². The molecular weight excluding hydrogens is 326 g/mol. The maximum atomic E-state index is 14.1. The molecule has 0 fully saturated rings. The van der Waals surface area contributed by atoms with Crippen LogP contribution >= 0.6 is 11.6 Å². The molecule has 0 aliphatic carbocycles. The highest BCUT2D eigenvalue weighted by Gasteiger charge is 2.35. The first-order valence-corrected chi connectivity index (χ1v) is 6.24. The second-order valence-corrected chi connectivity index (χ2v) is 4.59. The van der Waals surface area contributed by atoms with E-state index >= 15 is 0 Å². The van der Waals surface area contributed by atoms with E-state index in [2.05, 4.69) is 9.72 Å². The lowest BCUT2D eigenvalue weighted by Crippen LogP contribution is -2.10. The summed E-state index contributed by atoms with van der Waals surface area (Å²) in [5.41, 5.74) is -2.27. The van der Waals surface area contributed by atoms with Gasteiger partial charge in [0.15, 0.2) is 5.69 Å². The van der Waals surface area contributed by atoms with Crippen LogP contribution in [0.1, 0.15) is 16.1 Å². The summed E-state index contributed by atoms with van der Waals surface area (Å²) in [6, 6.07) is 5.25. The molecule has 1 aromatic carbocycles. The molecule has 22 heavy (non-hydrogen) atoms. The van der Waals surface area contributed by atoms with Crippen LogP contribution in [-0.2, 0) is 10.9 Å². The van der Waals surface area contributed by atoms with Crippen molar-refractivity contribution in [2.24, 2.45) is 0 Å². The third-order valence-corrected chi connectivity index (χ3v) is 3.11. The van der Waals surface area contributed by atoms with Gasteiger partial charge in [-0.05, 0) is 24.3 Å². The summed E-state index contributed by atoms with van der Waals surface area (Å²) < 4.78 is 56.7. The Morgan fingerprint density at radius 3 is 2.50 bits per heavy atom. The number of carbonyl (C=O) groups excluding carboxylic acids is 1. The summed E-state index contributed by atoms with van der Waals surface area (Å²) in [7, 11) is 1.10. The number of rotatable bonds is 2. The van der Waals surface area contributed by atoms with Crippen molar-refractivity contribution in [2.75, 3.05) is 7.11 Å². The van der Waals surface area contributed by atoms with Crippen LogP contribution in [0, 0.1) is 5.82 Å². The van der Waals surface area contributed by atoms with E-state index in [1.807, 2.05) is 0 Å². The molecule has 0 N–H and O–H groups in total. The lowest BCUT2D eigenvalue weighted by atomic mass is 10.1. The maximum Gasteiger partial charge on any atom is 0.419 e. The summed E-state index contributed by atoms with van der Waals surface area (Å²) in [5.74, 6) is -2.35. The molecule has 116 valence electrons. The van der Waals surface area contributed by atoms with Gasteiger partial charge >= 0.3 is 12.1 Å². The fourth-order valence-electron chi connectivity index (χ4n) is 1.78. The van der Waals surface area contributed by atoms with E-state index in [1.54, 1.807) is 0 Å². The van der Waals surface area contributed by atoms with Crippen molar-refractivity contribution >= 4 is 17.6 Å². The third kappa shape index (κ3) is 3.04. The molecule has 2 aromatic rings. The van der Waals surface area contributed by atoms with Gasteiger partial charge in [0.2, 0.25) is 0 Å². The zero-order valence-electron chi connectivity index (χ0n) is 11.0. The van der Waals surface area contributed by atoms with E-state index in [0.717, 1.165) is 19.2 Å². The van der Waals surface area contributed by atoms with Crippen molar-refractivity contribution in [1.82, 2.24) is 4.98 Å². The lowest BCUT2D eigenvalue weighted by molar-refractivity contribution is -0.139. The number of halogens is 5. The molecule has 1 heterocycles. The van der Waals surface area contributed by atoms with E-state index in [1.165, 1.54) is 12.1 Å². The summed E-state index contributed by atoms with van der Waals surface area (Å²) in [5, 5.41) is -0.0528. The number of esters is 1. The van der Waals surface area contributed by atoms with Crippen LogP contribution in [0.2, 0.25) is 5.02 Å². The van der Waals surface area contributed by atoms with Crippen molar-refractivity contribution < 1.29 is 27.1 Å². The second-order valence-electron chi connectivity index (χ2n) is 4.18. The van der Waals surface area contributed by atoms with Gasteiger partial charge in [0.05, 0.1) is 23.4 Å². The molecule has 0 aliphatic rings. The van der Waals surface area contributed by atoms with Gasteiger partial charge in [0, 0.05) is 5.56 Å². The molecule has 1 aromatic heterocycles. The molecule has 0 amide bonds. The molecule has 2 rings (SSSR count). The standard InChI is InChI=1S/C14H8ClF4NO2/c1-22-13(21)12-9(15)5-6-10(20-12)7-3-2-4-8(11(7)16)14(17,18)19/h2-6H,1H3. The van der Waals surface area contributed by atoms with Gasteiger partial charge in [-0.15, -0.1) is 0 Å². The quantitative estimate of drug-likeness (QED) is 0.606. The number of ether oxygens (including phenoxy) is 1. The first kappa shape index (κ1) is 16.2. The molecule has 0 bridgehead atoms. The predicted molar refractivity (Wildman–Crippen MR) is 71.0 cm³/mol. The Bertz CT molecular complexity index is 731. The Kier molecular flexibility index (Phi) is 4.37. The lowest BCUT2D eigenvalue weighted by Gasteiger charge is -2.11. The molecule has 8 heteroatoms. The van der Waals surface area contributed by atoms with Gasteiger partial charge in [0.1, 0.15) is 5.82 Å². The molecule has 0 aliphatic heterocycles. The van der Waals surface area contributed by atoms with Crippen LogP contribution in [0.4, 0.5) is 17.6 Å². The smallest absolute Gasteiger partial charge is 0.419 e. The van der Waals surface area contributed by atoms with Crippen LogP contribution in [0.3, 0.4) is 0 Å². The highest BCUT2D eigenvalue weighted by Crippen LogP contribution is 2.35. The fraction of sp³-hybridized carbons (Fsp3) is 0.143. The first-order chi connectivity index (χ1) is 10.3. The van der Waals surface area contributed by atoms with Crippen LogP contribution in [-0.4, -0.2) is 18.1 Å². The number of hydrogen-bond acceptors (Lipinski definition) is 3. The predicted octanol–water partition coefficient (Wildman–Crippen LogP) is 4.35. The number of benzene rings is 1. The summed E-state index contributed by atoms with van der Waals surface area (Å²) in [6.07, 6.45) is -4.84. The van der Waals surface area contributed by atoms with Crippen molar-refractivity contribution in [3.63, 3.8) is 0 Å². The van der Waals surface area contributed by atoms with Crippen molar-refractivity contribution in [3.8, 4) is 11.3 Å². The molecule has 0 atom stereocenters. The van der Waals surface area contributed by atoms with Gasteiger partial charge in [-0.25, -0.2) is 14.2 Å². The van der Waals surface area contributed by atoms with Gasteiger partial charge in [-0.3, -0.25) is 0 Å². The molecular formula is C14H8ClF4NO2. The van der Waals surface area contributed by atoms with E-state index in [4.69, 9.17) is 11.6 Å². The summed E-state index contributed by atoms with van der Waals surface area (Å²) in [4.78, 5) is 15.3. The Hall–Kier alpha value is -2.15. The molecule has 0 unspecified atom stereocenters. The zero-order valence-corrected chi connectivity index (χ0v) is 11.8. The number of pyridine rings is 1. The largest absolute Gasteiger partial charge is 0.464 e. The Morgan fingerprint density at radius 1 is 1.23 bits per heavy atom. The maximum absolute atomic E-state index is 14.1. The van der Waals surface area contributed by atoms with Crippen LogP contribution in [0.15, 0.2) is 30.3 Å². The molecule has 0 saturated heterocycles. The normalized spacial score (nSPS) is 11.4. The summed E-state index contributed by atoms with van der Waals surface area (Å²) >= 11 is 5.76. The third-order valence-electron chi connectivity index (χ3n) is 2.80. The Morgan fingerprint density at radius 2 is 1.91 bits per heavy atom. The number of aromatic nitrogens is 1. The van der Waals surface area contributed by atoms with Gasteiger partial charge < -0.3 is 4.74 Å². The topological polar surface area (TPSA) is 39.2 Å². The molecule has 0 radical (unpaired) electrons. The average Bonchev–Trinajstić information content (AvgIpc) is 2.46. The minimum atomic E-state index is -4.84. The van der Waals surface area contributed by atoms with Crippen LogP contribution < -0.4 is 0 Å². The molecule has 3 nitrogen and oxygen atoms in total. The Balaban J connectivity index is 2.61. The van der Waals surface area contributed by atoms with E-state index in [9.17, 15) is 22.4 Å². The highest BCUT2D eigenvalue weighted by atomic mass is 35.5. The average molecular weight is 334 g/mol. The van der Waals surface area contributed by atoms with Gasteiger partial charge in [-0.2, -0.15) is 13.2 Å². The fourth-order valence-corrected chi connectivity index (χ4v) is 1.96. The van der Waals surface area contributed by atoms with Crippen molar-refractivity contribution in [2.45, 2.75) is 6.18 Å². The first-order valence-electron chi connectivity index (χ1n) is 5.86. The molecule has 0 spiro atoms. The SMILES string of the molecule is COC(=O)c1nc(-c2cccc(C(F)(F)F)c2F)ccc1Cl. The van der Waals surface area contributed by atoms with E-state index < -0.39 is 29.1 Å². The van der Waals surface area contributed by atoms with Gasteiger partial charge in [0.25, 0.3) is 0 Å². The highest BCUT2D eigenvalue weighted by molar-refractivity contribution is 6.33. The number of hydrogen-bond donors (Lipinski definition) is 0. The number of nitrogens with zero attached hydrogens (tertiary/aromatic N) is 1. The number of alkyl halides is 3. The van der Waals surface area contributed by atoms with Crippen molar-refractivity contribution in [1.29, 1.82) is 0 Å². The second kappa shape index (κ2) is 5.92.